The van der Waals surface area contributed by atoms with Crippen molar-refractivity contribution in [2.75, 3.05) is 27.2 Å². The monoisotopic (exact) mass is 332 g/mol. The van der Waals surface area contributed by atoms with Gasteiger partial charge in [0.2, 0.25) is 0 Å². The molecule has 1 aliphatic heterocycles. The third-order valence-electron chi connectivity index (χ3n) is 3.49. The molecule has 0 spiro atoms. The van der Waals surface area contributed by atoms with E-state index >= 15 is 0 Å². The molecular formula is C19H25O3P. The molecule has 0 saturated carbocycles. The van der Waals surface area contributed by atoms with Gasteiger partial charge in [0.25, 0.3) is 0 Å². The Kier molecular flexibility index (Phi) is 6.29. The van der Waals surface area contributed by atoms with Crippen molar-refractivity contribution in [1.29, 1.82) is 0 Å². The first kappa shape index (κ1) is 17.6. The molecule has 0 amide bonds. The SMILES string of the molecule is CCC.COc1cccc(OC)c1-c1cccc2c1P(C)CO2. The molecule has 124 valence electrons. The maximum atomic E-state index is 5.77. The molecule has 1 unspecified atom stereocenters. The van der Waals surface area contributed by atoms with Gasteiger partial charge in [-0.2, -0.15) is 0 Å². The Labute approximate surface area is 140 Å². The molecule has 3 nitrogen and oxygen atoms in total. The van der Waals surface area contributed by atoms with Crippen LogP contribution < -0.4 is 19.5 Å². The topological polar surface area (TPSA) is 27.7 Å². The smallest absolute Gasteiger partial charge is 0.130 e. The molecule has 2 aromatic carbocycles. The summed E-state index contributed by atoms with van der Waals surface area (Å²) in [5.41, 5.74) is 2.16. The third-order valence-corrected chi connectivity index (χ3v) is 5.23. The second-order valence-electron chi connectivity index (χ2n) is 5.37. The van der Waals surface area contributed by atoms with Crippen LogP contribution in [0.3, 0.4) is 0 Å². The number of hydrogen-bond acceptors (Lipinski definition) is 3. The molecule has 23 heavy (non-hydrogen) atoms. The molecule has 0 saturated heterocycles. The summed E-state index contributed by atoms with van der Waals surface area (Å²) in [5, 5.41) is 1.30. The van der Waals surface area contributed by atoms with E-state index in [4.69, 9.17) is 14.2 Å². The van der Waals surface area contributed by atoms with Gasteiger partial charge in [0.05, 0.1) is 19.8 Å². The lowest BCUT2D eigenvalue weighted by molar-refractivity contribution is 0.397. The Morgan fingerprint density at radius 2 is 1.57 bits per heavy atom. The largest absolute Gasteiger partial charge is 0.496 e. The number of ether oxygens (including phenoxy) is 3. The lowest BCUT2D eigenvalue weighted by Crippen LogP contribution is -2.04. The molecule has 0 N–H and O–H groups in total. The van der Waals surface area contributed by atoms with Gasteiger partial charge in [-0.25, -0.2) is 0 Å². The number of hydrogen-bond donors (Lipinski definition) is 0. The van der Waals surface area contributed by atoms with Crippen LogP contribution in [0.15, 0.2) is 36.4 Å². The van der Waals surface area contributed by atoms with Gasteiger partial charge < -0.3 is 14.2 Å². The van der Waals surface area contributed by atoms with Gasteiger partial charge in [0.15, 0.2) is 0 Å². The van der Waals surface area contributed by atoms with Crippen molar-refractivity contribution in [3.8, 4) is 28.4 Å². The zero-order valence-corrected chi connectivity index (χ0v) is 15.4. The van der Waals surface area contributed by atoms with Crippen LogP contribution in [0.4, 0.5) is 0 Å². The van der Waals surface area contributed by atoms with Crippen LogP contribution in [0, 0.1) is 0 Å². The highest BCUT2D eigenvalue weighted by Crippen LogP contribution is 2.47. The molecule has 2 aromatic rings. The molecule has 0 fully saturated rings. The van der Waals surface area contributed by atoms with Crippen LogP contribution in [0.2, 0.25) is 0 Å². The summed E-state index contributed by atoms with van der Waals surface area (Å²) in [7, 11) is 3.08. The molecular weight excluding hydrogens is 307 g/mol. The summed E-state index contributed by atoms with van der Waals surface area (Å²) in [4.78, 5) is 0. The highest BCUT2D eigenvalue weighted by Gasteiger charge is 2.26. The fourth-order valence-corrected chi connectivity index (χ4v) is 4.16. The van der Waals surface area contributed by atoms with Crippen molar-refractivity contribution >= 4 is 13.2 Å². The average Bonchev–Trinajstić information content (AvgIpc) is 2.96. The van der Waals surface area contributed by atoms with Crippen LogP contribution >= 0.6 is 7.92 Å². The van der Waals surface area contributed by atoms with Gasteiger partial charge in [-0.3, -0.25) is 0 Å². The van der Waals surface area contributed by atoms with Crippen molar-refractivity contribution in [2.24, 2.45) is 0 Å². The van der Waals surface area contributed by atoms with Gasteiger partial charge in [0.1, 0.15) is 23.6 Å². The quantitative estimate of drug-likeness (QED) is 0.750. The van der Waals surface area contributed by atoms with E-state index in [9.17, 15) is 0 Å². The van der Waals surface area contributed by atoms with E-state index in [1.165, 1.54) is 11.7 Å². The first-order valence-corrected chi connectivity index (χ1v) is 9.83. The molecule has 1 aliphatic rings. The Morgan fingerprint density at radius 3 is 2.13 bits per heavy atom. The second kappa shape index (κ2) is 8.21. The van der Waals surface area contributed by atoms with Crippen molar-refractivity contribution in [2.45, 2.75) is 20.3 Å². The van der Waals surface area contributed by atoms with E-state index < -0.39 is 0 Å². The van der Waals surface area contributed by atoms with Crippen LogP contribution in [-0.2, 0) is 0 Å². The fraction of sp³-hybridized carbons (Fsp3) is 0.368. The van der Waals surface area contributed by atoms with Crippen LogP contribution in [-0.4, -0.2) is 27.2 Å². The Balaban J connectivity index is 0.000000595. The predicted molar refractivity (Wildman–Crippen MR) is 98.9 cm³/mol. The first-order valence-electron chi connectivity index (χ1n) is 7.86. The number of rotatable bonds is 3. The summed E-state index contributed by atoms with van der Waals surface area (Å²) in [6.07, 6.45) is 2.04. The van der Waals surface area contributed by atoms with E-state index in [1.54, 1.807) is 14.2 Å². The normalized spacial score (nSPS) is 15.1. The highest BCUT2D eigenvalue weighted by molar-refractivity contribution is 7.65. The minimum absolute atomic E-state index is 0.293. The molecule has 0 bridgehead atoms. The molecule has 0 aromatic heterocycles. The van der Waals surface area contributed by atoms with Crippen molar-refractivity contribution in [3.05, 3.63) is 36.4 Å². The minimum Gasteiger partial charge on any atom is -0.496 e. The molecule has 1 heterocycles. The van der Waals surface area contributed by atoms with Crippen molar-refractivity contribution in [3.63, 3.8) is 0 Å². The maximum Gasteiger partial charge on any atom is 0.130 e. The van der Waals surface area contributed by atoms with Gasteiger partial charge >= 0.3 is 0 Å². The van der Waals surface area contributed by atoms with Gasteiger partial charge in [-0.1, -0.05) is 38.5 Å². The lowest BCUT2D eigenvalue weighted by atomic mass is 10.0. The Hall–Kier alpha value is -1.73. The van der Waals surface area contributed by atoms with E-state index in [-0.39, 0.29) is 7.92 Å². The van der Waals surface area contributed by atoms with Crippen molar-refractivity contribution in [1.82, 2.24) is 0 Å². The minimum atomic E-state index is -0.293. The molecule has 1 atom stereocenters. The van der Waals surface area contributed by atoms with Crippen LogP contribution in [0.25, 0.3) is 11.1 Å². The number of benzene rings is 2. The summed E-state index contributed by atoms with van der Waals surface area (Å²) in [6.45, 7) is 6.49. The zero-order chi connectivity index (χ0) is 16.8. The molecule has 4 heteroatoms. The summed E-state index contributed by atoms with van der Waals surface area (Å²) in [6, 6.07) is 12.0. The van der Waals surface area contributed by atoms with Gasteiger partial charge in [-0.05, 0) is 32.8 Å². The Morgan fingerprint density at radius 1 is 1.00 bits per heavy atom. The van der Waals surface area contributed by atoms with E-state index in [2.05, 4.69) is 26.6 Å². The van der Waals surface area contributed by atoms with Crippen molar-refractivity contribution < 1.29 is 14.2 Å². The highest BCUT2D eigenvalue weighted by atomic mass is 31.1. The second-order valence-corrected chi connectivity index (χ2v) is 7.47. The fourth-order valence-electron chi connectivity index (χ4n) is 2.58. The van der Waals surface area contributed by atoms with Crippen LogP contribution in [0.5, 0.6) is 17.2 Å². The molecule has 3 rings (SSSR count). The number of methoxy groups -OCH3 is 2. The van der Waals surface area contributed by atoms with Gasteiger partial charge in [-0.15, -0.1) is 0 Å². The zero-order valence-electron chi connectivity index (χ0n) is 14.6. The Bertz CT molecular complexity index is 633. The average molecular weight is 332 g/mol. The summed E-state index contributed by atoms with van der Waals surface area (Å²) in [5.74, 6) is 2.64. The first-order chi connectivity index (χ1) is 11.2. The van der Waals surface area contributed by atoms with Gasteiger partial charge in [0, 0.05) is 10.9 Å². The third kappa shape index (κ3) is 3.61. The summed E-state index contributed by atoms with van der Waals surface area (Å²) < 4.78 is 16.8. The standard InChI is InChI=1S/C16H17O3P.C3H8/c1-17-12-7-5-8-13(18-2)15(12)11-6-4-9-14-16(11)20(3)10-19-14;1-3-2/h4-9H,10H2,1-3H3;3H2,1-2H3. The molecule has 0 radical (unpaired) electrons. The molecule has 0 aliphatic carbocycles. The van der Waals surface area contributed by atoms with Crippen LogP contribution in [0.1, 0.15) is 20.3 Å². The van der Waals surface area contributed by atoms with E-state index in [1.807, 2.05) is 30.3 Å². The maximum absolute atomic E-state index is 5.77. The van der Waals surface area contributed by atoms with E-state index in [0.29, 0.717) is 0 Å². The predicted octanol–water partition coefficient (Wildman–Crippen LogP) is 4.87. The lowest BCUT2D eigenvalue weighted by Gasteiger charge is -2.16. The summed E-state index contributed by atoms with van der Waals surface area (Å²) >= 11 is 0. The number of fused-ring (bicyclic) bond motifs is 1. The van der Waals surface area contributed by atoms with E-state index in [0.717, 1.165) is 34.7 Å².